The maximum atomic E-state index is 12.3. The molecule has 0 aliphatic heterocycles. The second kappa shape index (κ2) is 12.0. The number of aliphatic hydroxyl groups excluding tert-OH is 1. The van der Waals surface area contributed by atoms with E-state index in [9.17, 15) is 24.3 Å². The summed E-state index contributed by atoms with van der Waals surface area (Å²) >= 11 is 12.9. The standard InChI is InChI=1S/C16H21Cl2N3O7S/c17-7-3-8(18)14(11(22)4-7)29-6-10(15(26)20-5-13(24)25)21-12(23)2-1-9(19)16(27)28/h3-4,9-11,14,22H,1-2,5-6,19H2,(H,20,26)(H,21,23)(H,24,25)(H,27,28)/t9-,10-,11?,14?/m0/s1. The highest BCUT2D eigenvalue weighted by molar-refractivity contribution is 8.00. The van der Waals surface area contributed by atoms with E-state index in [1.807, 2.05) is 0 Å². The molecule has 1 rings (SSSR count). The lowest BCUT2D eigenvalue weighted by Crippen LogP contribution is -2.50. The summed E-state index contributed by atoms with van der Waals surface area (Å²) in [5.74, 6) is -3.96. The van der Waals surface area contributed by atoms with Gasteiger partial charge in [0.1, 0.15) is 18.6 Å². The molecule has 0 aromatic carbocycles. The Morgan fingerprint density at radius 3 is 2.45 bits per heavy atom. The fourth-order valence-corrected chi connectivity index (χ4v) is 4.07. The van der Waals surface area contributed by atoms with E-state index in [4.69, 9.17) is 39.1 Å². The molecule has 0 aromatic heterocycles. The quantitative estimate of drug-likeness (QED) is 0.234. The average molecular weight is 470 g/mol. The summed E-state index contributed by atoms with van der Waals surface area (Å²) in [5, 5.41) is 32.0. The van der Waals surface area contributed by atoms with Gasteiger partial charge in [0.15, 0.2) is 0 Å². The van der Waals surface area contributed by atoms with Gasteiger partial charge in [-0.2, -0.15) is 0 Å². The first-order valence-electron chi connectivity index (χ1n) is 8.32. The average Bonchev–Trinajstić information content (AvgIpc) is 2.61. The molecule has 0 bridgehead atoms. The van der Waals surface area contributed by atoms with E-state index < -0.39 is 53.7 Å². The number of thioether (sulfide) groups is 1. The topological polar surface area (TPSA) is 179 Å². The maximum absolute atomic E-state index is 12.3. The fraction of sp³-hybridized carbons (Fsp3) is 0.500. The number of allylic oxidation sites excluding steroid dienone is 2. The van der Waals surface area contributed by atoms with Gasteiger partial charge in [-0.25, -0.2) is 0 Å². The van der Waals surface area contributed by atoms with E-state index >= 15 is 0 Å². The number of carboxylic acid groups (broad SMARTS) is 2. The summed E-state index contributed by atoms with van der Waals surface area (Å²) in [6, 6.07) is -2.38. The Kier molecular flexibility index (Phi) is 10.5. The zero-order valence-corrected chi connectivity index (χ0v) is 17.3. The molecule has 162 valence electrons. The molecule has 0 aromatic rings. The molecule has 2 amide bonds. The van der Waals surface area contributed by atoms with Crippen LogP contribution in [-0.4, -0.2) is 74.8 Å². The molecule has 1 aliphatic carbocycles. The smallest absolute Gasteiger partial charge is 0.322 e. The minimum atomic E-state index is -1.27. The number of aliphatic hydroxyl groups is 1. The second-order valence-electron chi connectivity index (χ2n) is 6.04. The Balaban J connectivity index is 2.74. The summed E-state index contributed by atoms with van der Waals surface area (Å²) in [6.07, 6.45) is 1.41. The number of hydrogen-bond acceptors (Lipinski definition) is 7. The van der Waals surface area contributed by atoms with E-state index in [1.165, 1.54) is 12.2 Å². The molecule has 1 aliphatic rings. The molecule has 29 heavy (non-hydrogen) atoms. The van der Waals surface area contributed by atoms with Gasteiger partial charge in [0.2, 0.25) is 11.8 Å². The molecule has 13 heteroatoms. The first kappa shape index (κ1) is 25.2. The van der Waals surface area contributed by atoms with Gasteiger partial charge >= 0.3 is 11.9 Å². The number of carbonyl (C=O) groups excluding carboxylic acids is 2. The summed E-state index contributed by atoms with van der Waals surface area (Å²) < 4.78 is 0. The number of amides is 2. The number of nitrogens with one attached hydrogen (secondary N) is 2. The lowest BCUT2D eigenvalue weighted by Gasteiger charge is -2.25. The van der Waals surface area contributed by atoms with E-state index in [1.54, 1.807) is 0 Å². The molecular weight excluding hydrogens is 449 g/mol. The Morgan fingerprint density at radius 1 is 1.24 bits per heavy atom. The molecule has 0 saturated carbocycles. The predicted octanol–water partition coefficient (Wildman–Crippen LogP) is -0.414. The van der Waals surface area contributed by atoms with Crippen molar-refractivity contribution in [3.63, 3.8) is 0 Å². The van der Waals surface area contributed by atoms with Crippen LogP contribution in [0.1, 0.15) is 12.8 Å². The van der Waals surface area contributed by atoms with Gasteiger partial charge in [-0.15, -0.1) is 11.8 Å². The van der Waals surface area contributed by atoms with Crippen LogP contribution in [0.5, 0.6) is 0 Å². The zero-order valence-electron chi connectivity index (χ0n) is 15.0. The number of aliphatic carboxylic acids is 2. The highest BCUT2D eigenvalue weighted by atomic mass is 35.5. The van der Waals surface area contributed by atoms with Crippen LogP contribution in [0.3, 0.4) is 0 Å². The molecule has 0 fully saturated rings. The van der Waals surface area contributed by atoms with E-state index in [0.717, 1.165) is 11.8 Å². The van der Waals surface area contributed by atoms with Crippen LogP contribution >= 0.6 is 35.0 Å². The SMILES string of the molecule is N[C@@H](CCC(=O)N[C@@H](CSC1C(Cl)=CC(Cl)=CC1O)C(=O)NCC(=O)O)C(=O)O. The van der Waals surface area contributed by atoms with Crippen molar-refractivity contribution < 1.29 is 34.5 Å². The van der Waals surface area contributed by atoms with E-state index in [0.29, 0.717) is 0 Å². The van der Waals surface area contributed by atoms with Crippen molar-refractivity contribution in [1.82, 2.24) is 10.6 Å². The Labute approximate surface area is 180 Å². The zero-order chi connectivity index (χ0) is 22.1. The van der Waals surface area contributed by atoms with Crippen LogP contribution in [0, 0.1) is 0 Å². The number of carboxylic acids is 2. The monoisotopic (exact) mass is 469 g/mol. The third-order valence-electron chi connectivity index (χ3n) is 3.70. The second-order valence-corrected chi connectivity index (χ2v) is 8.09. The first-order valence-corrected chi connectivity index (χ1v) is 10.1. The van der Waals surface area contributed by atoms with Crippen LogP contribution in [0.15, 0.2) is 22.2 Å². The highest BCUT2D eigenvalue weighted by Gasteiger charge is 2.29. The largest absolute Gasteiger partial charge is 0.480 e. The minimum absolute atomic E-state index is 0.0422. The fourth-order valence-electron chi connectivity index (χ4n) is 2.20. The lowest BCUT2D eigenvalue weighted by molar-refractivity contribution is -0.139. The normalized spacial score (nSPS) is 20.7. The molecular formula is C16H21Cl2N3O7S. The van der Waals surface area contributed by atoms with E-state index in [-0.39, 0.29) is 28.7 Å². The van der Waals surface area contributed by atoms with Crippen LogP contribution in [0.2, 0.25) is 0 Å². The van der Waals surface area contributed by atoms with Gasteiger partial charge in [-0.05, 0) is 18.6 Å². The van der Waals surface area contributed by atoms with Crippen LogP contribution in [-0.2, 0) is 19.2 Å². The predicted molar refractivity (Wildman–Crippen MR) is 108 cm³/mol. The van der Waals surface area contributed by atoms with Gasteiger partial charge in [-0.3, -0.25) is 19.2 Å². The summed E-state index contributed by atoms with van der Waals surface area (Å²) in [5.41, 5.74) is 5.34. The molecule has 0 radical (unpaired) electrons. The van der Waals surface area contributed by atoms with Crippen molar-refractivity contribution in [3.05, 3.63) is 22.2 Å². The van der Waals surface area contributed by atoms with Crippen molar-refractivity contribution in [2.24, 2.45) is 5.73 Å². The van der Waals surface area contributed by atoms with Crippen molar-refractivity contribution in [2.45, 2.75) is 36.3 Å². The number of nitrogens with two attached hydrogens (primary N) is 1. The summed E-state index contributed by atoms with van der Waals surface area (Å²) in [4.78, 5) is 45.7. The van der Waals surface area contributed by atoms with Crippen LogP contribution in [0.25, 0.3) is 0 Å². The lowest BCUT2D eigenvalue weighted by atomic mass is 10.1. The Hall–Kier alpha value is -1.79. The third kappa shape index (κ3) is 9.05. The van der Waals surface area contributed by atoms with Gasteiger partial charge in [-0.1, -0.05) is 23.2 Å². The maximum Gasteiger partial charge on any atom is 0.322 e. The van der Waals surface area contributed by atoms with Gasteiger partial charge in [0.25, 0.3) is 0 Å². The molecule has 2 unspecified atom stereocenters. The number of halogens is 2. The number of rotatable bonds is 11. The van der Waals surface area contributed by atoms with Gasteiger partial charge in [0.05, 0.1) is 11.4 Å². The van der Waals surface area contributed by atoms with E-state index in [2.05, 4.69) is 10.6 Å². The number of carbonyl (C=O) groups is 4. The number of hydrogen-bond donors (Lipinski definition) is 6. The third-order valence-corrected chi connectivity index (χ3v) is 5.82. The molecule has 0 saturated heterocycles. The molecule has 0 heterocycles. The van der Waals surface area contributed by atoms with Crippen molar-refractivity contribution >= 4 is 58.7 Å². The molecule has 0 spiro atoms. The molecule has 4 atom stereocenters. The Morgan fingerprint density at radius 2 is 1.90 bits per heavy atom. The Bertz CT molecular complexity index is 717. The van der Waals surface area contributed by atoms with Gasteiger partial charge < -0.3 is 31.7 Å². The first-order chi connectivity index (χ1) is 13.5. The van der Waals surface area contributed by atoms with Crippen molar-refractivity contribution in [1.29, 1.82) is 0 Å². The molecule has 7 N–H and O–H groups in total. The van der Waals surface area contributed by atoms with Crippen molar-refractivity contribution in [2.75, 3.05) is 12.3 Å². The molecule has 10 nitrogen and oxygen atoms in total. The summed E-state index contributed by atoms with van der Waals surface area (Å²) in [7, 11) is 0. The van der Waals surface area contributed by atoms with Crippen molar-refractivity contribution in [3.8, 4) is 0 Å². The highest BCUT2D eigenvalue weighted by Crippen LogP contribution is 2.32. The minimum Gasteiger partial charge on any atom is -0.480 e. The van der Waals surface area contributed by atoms with Crippen LogP contribution in [0.4, 0.5) is 0 Å². The summed E-state index contributed by atoms with van der Waals surface area (Å²) in [6.45, 7) is -0.648. The van der Waals surface area contributed by atoms with Crippen LogP contribution < -0.4 is 16.4 Å². The van der Waals surface area contributed by atoms with Gasteiger partial charge in [0, 0.05) is 22.2 Å².